The van der Waals surface area contributed by atoms with Gasteiger partial charge >= 0.3 is 0 Å². The predicted octanol–water partition coefficient (Wildman–Crippen LogP) is 2.18. The lowest BCUT2D eigenvalue weighted by Crippen LogP contribution is -2.35. The van der Waals surface area contributed by atoms with Crippen LogP contribution < -0.4 is 9.47 Å². The Morgan fingerprint density at radius 3 is 2.79 bits per heavy atom. The first-order valence-electron chi connectivity index (χ1n) is 7.02. The van der Waals surface area contributed by atoms with E-state index in [0.29, 0.717) is 6.54 Å². The van der Waals surface area contributed by atoms with E-state index < -0.39 is 6.10 Å². The van der Waals surface area contributed by atoms with E-state index in [0.717, 1.165) is 36.1 Å². The zero-order valence-corrected chi connectivity index (χ0v) is 11.3. The number of hydrogen-bond donors (Lipinski definition) is 1. The highest BCUT2D eigenvalue weighted by molar-refractivity contribution is 5.45. The Kier molecular flexibility index (Phi) is 3.62. The van der Waals surface area contributed by atoms with E-state index in [4.69, 9.17) is 9.47 Å². The lowest BCUT2D eigenvalue weighted by atomic mass is 9.98. The Balaban J connectivity index is 1.62. The molecule has 0 aliphatic carbocycles. The summed E-state index contributed by atoms with van der Waals surface area (Å²) in [5.74, 6) is 2.32. The third-order valence-corrected chi connectivity index (χ3v) is 4.09. The number of β-amino-alcohol motifs (C(OH)–C–C–N with tert-alkyl or cyclic N) is 1. The summed E-state index contributed by atoms with van der Waals surface area (Å²) in [4.78, 5) is 2.34. The van der Waals surface area contributed by atoms with Crippen LogP contribution in [0.25, 0.3) is 0 Å². The minimum Gasteiger partial charge on any atom is -0.454 e. The summed E-state index contributed by atoms with van der Waals surface area (Å²) in [5.41, 5.74) is 0.905. The monoisotopic (exact) mass is 263 g/mol. The lowest BCUT2D eigenvalue weighted by Gasteiger charge is -2.31. The van der Waals surface area contributed by atoms with E-state index in [9.17, 15) is 5.11 Å². The summed E-state index contributed by atoms with van der Waals surface area (Å²) in [7, 11) is 0. The Hall–Kier alpha value is -1.26. The van der Waals surface area contributed by atoms with Gasteiger partial charge in [0, 0.05) is 6.54 Å². The van der Waals surface area contributed by atoms with Crippen molar-refractivity contribution < 1.29 is 14.6 Å². The average Bonchev–Trinajstić information content (AvgIpc) is 2.88. The first kappa shape index (κ1) is 12.8. The van der Waals surface area contributed by atoms with Crippen molar-refractivity contribution in [1.82, 2.24) is 4.90 Å². The summed E-state index contributed by atoms with van der Waals surface area (Å²) in [6.07, 6.45) is 2.00. The summed E-state index contributed by atoms with van der Waals surface area (Å²) < 4.78 is 10.6. The number of hydrogen-bond acceptors (Lipinski definition) is 4. The standard InChI is InChI=1S/C15H21NO3/c1-11-4-6-16(7-5-11)9-13(17)12-2-3-14-15(8-12)19-10-18-14/h2-3,8,11,13,17H,4-7,9-10H2,1H3. The van der Waals surface area contributed by atoms with Crippen LogP contribution in [0.4, 0.5) is 0 Å². The predicted molar refractivity (Wildman–Crippen MR) is 72.4 cm³/mol. The highest BCUT2D eigenvalue weighted by atomic mass is 16.7. The number of benzene rings is 1. The molecule has 1 aromatic rings. The highest BCUT2D eigenvalue weighted by Crippen LogP contribution is 2.34. The van der Waals surface area contributed by atoms with Crippen LogP contribution >= 0.6 is 0 Å². The van der Waals surface area contributed by atoms with Gasteiger partial charge in [0.2, 0.25) is 6.79 Å². The van der Waals surface area contributed by atoms with E-state index >= 15 is 0 Å². The van der Waals surface area contributed by atoms with E-state index in [2.05, 4.69) is 11.8 Å². The Morgan fingerprint density at radius 1 is 1.26 bits per heavy atom. The van der Waals surface area contributed by atoms with Crippen molar-refractivity contribution in [2.24, 2.45) is 5.92 Å². The van der Waals surface area contributed by atoms with Gasteiger partial charge in [0.1, 0.15) is 0 Å². The van der Waals surface area contributed by atoms with Gasteiger partial charge in [-0.15, -0.1) is 0 Å². The van der Waals surface area contributed by atoms with Crippen LogP contribution in [0.15, 0.2) is 18.2 Å². The third kappa shape index (κ3) is 2.85. The minimum atomic E-state index is -0.456. The molecule has 0 spiro atoms. The van der Waals surface area contributed by atoms with Gasteiger partial charge in [-0.2, -0.15) is 0 Å². The number of aliphatic hydroxyl groups is 1. The summed E-state index contributed by atoms with van der Waals surface area (Å²) in [6, 6.07) is 5.68. The van der Waals surface area contributed by atoms with Gasteiger partial charge in [0.25, 0.3) is 0 Å². The van der Waals surface area contributed by atoms with Crippen LogP contribution in [-0.4, -0.2) is 36.4 Å². The molecular formula is C15H21NO3. The van der Waals surface area contributed by atoms with Gasteiger partial charge in [-0.3, -0.25) is 0 Å². The number of fused-ring (bicyclic) bond motifs is 1. The molecule has 0 saturated carbocycles. The van der Waals surface area contributed by atoms with E-state index in [1.165, 1.54) is 12.8 Å². The molecule has 0 amide bonds. The third-order valence-electron chi connectivity index (χ3n) is 4.09. The molecule has 19 heavy (non-hydrogen) atoms. The number of aliphatic hydroxyl groups excluding tert-OH is 1. The number of likely N-dealkylation sites (tertiary alicyclic amines) is 1. The molecule has 4 heteroatoms. The van der Waals surface area contributed by atoms with Crippen molar-refractivity contribution in [3.63, 3.8) is 0 Å². The first-order valence-corrected chi connectivity index (χ1v) is 7.02. The number of ether oxygens (including phenoxy) is 2. The van der Waals surface area contributed by atoms with Crippen molar-refractivity contribution in [3.8, 4) is 11.5 Å². The molecule has 1 saturated heterocycles. The quantitative estimate of drug-likeness (QED) is 0.907. The van der Waals surface area contributed by atoms with Crippen molar-refractivity contribution in [2.75, 3.05) is 26.4 Å². The Labute approximate surface area is 113 Å². The van der Waals surface area contributed by atoms with Crippen molar-refractivity contribution in [3.05, 3.63) is 23.8 Å². The summed E-state index contributed by atoms with van der Waals surface area (Å²) in [5, 5.41) is 10.3. The maximum Gasteiger partial charge on any atom is 0.231 e. The van der Waals surface area contributed by atoms with Crippen LogP contribution in [0.2, 0.25) is 0 Å². The molecule has 3 rings (SSSR count). The zero-order chi connectivity index (χ0) is 13.2. The topological polar surface area (TPSA) is 41.9 Å². The van der Waals surface area contributed by atoms with E-state index in [1.807, 2.05) is 18.2 Å². The molecule has 104 valence electrons. The molecule has 1 fully saturated rings. The van der Waals surface area contributed by atoms with Crippen LogP contribution in [0.1, 0.15) is 31.4 Å². The molecule has 2 aliphatic heterocycles. The molecule has 0 aromatic heterocycles. The fourth-order valence-corrected chi connectivity index (χ4v) is 2.72. The Bertz CT molecular complexity index is 441. The SMILES string of the molecule is CC1CCN(CC(O)c2ccc3c(c2)OCO3)CC1. The van der Waals surface area contributed by atoms with Crippen molar-refractivity contribution >= 4 is 0 Å². The molecule has 2 aliphatic rings. The largest absolute Gasteiger partial charge is 0.454 e. The van der Waals surface area contributed by atoms with Gasteiger partial charge in [-0.1, -0.05) is 13.0 Å². The number of nitrogens with zero attached hydrogens (tertiary/aromatic N) is 1. The van der Waals surface area contributed by atoms with E-state index in [-0.39, 0.29) is 6.79 Å². The normalized spacial score (nSPS) is 21.6. The number of piperidine rings is 1. The fraction of sp³-hybridized carbons (Fsp3) is 0.600. The minimum absolute atomic E-state index is 0.277. The summed E-state index contributed by atoms with van der Waals surface area (Å²) >= 11 is 0. The summed E-state index contributed by atoms with van der Waals surface area (Å²) in [6.45, 7) is 5.45. The highest BCUT2D eigenvalue weighted by Gasteiger charge is 2.21. The molecular weight excluding hydrogens is 242 g/mol. The van der Waals surface area contributed by atoms with Gasteiger partial charge in [-0.05, 0) is 49.5 Å². The van der Waals surface area contributed by atoms with Crippen LogP contribution in [-0.2, 0) is 0 Å². The molecule has 2 heterocycles. The lowest BCUT2D eigenvalue weighted by molar-refractivity contribution is 0.0914. The molecule has 1 unspecified atom stereocenters. The van der Waals surface area contributed by atoms with Gasteiger partial charge in [-0.25, -0.2) is 0 Å². The number of rotatable bonds is 3. The van der Waals surface area contributed by atoms with Gasteiger partial charge in [0.05, 0.1) is 6.10 Å². The molecule has 0 radical (unpaired) electrons. The fourth-order valence-electron chi connectivity index (χ4n) is 2.72. The maximum atomic E-state index is 10.3. The molecule has 1 atom stereocenters. The smallest absolute Gasteiger partial charge is 0.231 e. The van der Waals surface area contributed by atoms with Crippen molar-refractivity contribution in [2.45, 2.75) is 25.9 Å². The second kappa shape index (κ2) is 5.39. The zero-order valence-electron chi connectivity index (χ0n) is 11.3. The Morgan fingerprint density at radius 2 is 2.00 bits per heavy atom. The van der Waals surface area contributed by atoms with Gasteiger partial charge < -0.3 is 19.5 Å². The van der Waals surface area contributed by atoms with Crippen molar-refractivity contribution in [1.29, 1.82) is 0 Å². The molecule has 4 nitrogen and oxygen atoms in total. The molecule has 1 aromatic carbocycles. The molecule has 0 bridgehead atoms. The average molecular weight is 263 g/mol. The maximum absolute atomic E-state index is 10.3. The molecule has 1 N–H and O–H groups in total. The second-order valence-corrected chi connectivity index (χ2v) is 5.61. The van der Waals surface area contributed by atoms with Gasteiger partial charge in [0.15, 0.2) is 11.5 Å². The van der Waals surface area contributed by atoms with Crippen LogP contribution in [0.3, 0.4) is 0 Å². The van der Waals surface area contributed by atoms with Crippen LogP contribution in [0, 0.1) is 5.92 Å². The first-order chi connectivity index (χ1) is 9.22. The second-order valence-electron chi connectivity index (χ2n) is 5.61. The van der Waals surface area contributed by atoms with E-state index in [1.54, 1.807) is 0 Å². The van der Waals surface area contributed by atoms with Crippen LogP contribution in [0.5, 0.6) is 11.5 Å².